The quantitative estimate of drug-likeness (QED) is 0.205. The van der Waals surface area contributed by atoms with Crippen molar-refractivity contribution in [2.45, 2.75) is 6.61 Å². The minimum atomic E-state index is -0.385. The highest BCUT2D eigenvalue weighted by atomic mass is 127. The molecule has 3 aromatic carbocycles. The lowest BCUT2D eigenvalue weighted by atomic mass is 10.2. The predicted octanol–water partition coefficient (Wildman–Crippen LogP) is 7.51. The van der Waals surface area contributed by atoms with E-state index in [9.17, 15) is 14.0 Å². The van der Waals surface area contributed by atoms with E-state index in [0.717, 1.165) is 34.9 Å². The van der Waals surface area contributed by atoms with Crippen LogP contribution in [0.2, 0.25) is 5.02 Å². The van der Waals surface area contributed by atoms with Crippen LogP contribution in [0, 0.1) is 13.0 Å². The third-order valence-corrected chi connectivity index (χ3v) is 7.18. The van der Waals surface area contributed by atoms with Gasteiger partial charge in [-0.2, -0.15) is 0 Å². The second kappa shape index (κ2) is 10.1. The summed E-state index contributed by atoms with van der Waals surface area (Å²) in [5.74, 6) is 0.0330. The van der Waals surface area contributed by atoms with Crippen LogP contribution in [0.1, 0.15) is 11.1 Å². The standard InChI is InChI=1S/C23H13ClFI2NO3S/c24-15-2-1-3-17(11-15)28-22(29)20(32-23(28)30)10-14-8-18(26)21(19(27)9-14)31-12-13-4-6-16(25)7-5-13/h1-11H,12H2/b20-10+. The summed E-state index contributed by atoms with van der Waals surface area (Å²) < 4.78 is 20.7. The maximum atomic E-state index is 13.1. The minimum Gasteiger partial charge on any atom is -0.487 e. The SMILES string of the molecule is O=C1S/C(=C/c2cc(I)c(OCc3ccc(F)cc3)c(I)c2)C(=O)N1c1cccc(Cl)c1. The molecule has 1 saturated heterocycles. The second-order valence-corrected chi connectivity index (χ2v) is 10.5. The molecule has 0 atom stereocenters. The summed E-state index contributed by atoms with van der Waals surface area (Å²) in [5, 5.41) is 0.0815. The van der Waals surface area contributed by atoms with Crippen molar-refractivity contribution >= 4 is 91.5 Å². The van der Waals surface area contributed by atoms with Gasteiger partial charge in [0, 0.05) is 5.02 Å². The molecule has 3 aromatic rings. The van der Waals surface area contributed by atoms with Crippen LogP contribution in [0.25, 0.3) is 6.08 Å². The highest BCUT2D eigenvalue weighted by Gasteiger charge is 2.36. The zero-order valence-corrected chi connectivity index (χ0v) is 22.0. The van der Waals surface area contributed by atoms with Crippen LogP contribution in [-0.2, 0) is 11.4 Å². The van der Waals surface area contributed by atoms with E-state index in [1.54, 1.807) is 42.5 Å². The van der Waals surface area contributed by atoms with E-state index in [1.807, 2.05) is 12.1 Å². The molecular formula is C23H13ClFI2NO3S. The number of anilines is 1. The average molecular weight is 692 g/mol. The molecular weight excluding hydrogens is 679 g/mol. The molecule has 0 bridgehead atoms. The summed E-state index contributed by atoms with van der Waals surface area (Å²) in [5.41, 5.74) is 2.08. The van der Waals surface area contributed by atoms with Crippen LogP contribution < -0.4 is 9.64 Å². The first kappa shape index (κ1) is 23.5. The van der Waals surface area contributed by atoms with Crippen molar-refractivity contribution in [1.29, 1.82) is 0 Å². The highest BCUT2D eigenvalue weighted by Crippen LogP contribution is 2.37. The Kier molecular flexibility index (Phi) is 7.43. The number of carbonyl (C=O) groups excluding carboxylic acids is 2. The predicted molar refractivity (Wildman–Crippen MR) is 143 cm³/mol. The first-order valence-corrected chi connectivity index (χ1v) is 12.6. The molecule has 0 N–H and O–H groups in total. The lowest BCUT2D eigenvalue weighted by Crippen LogP contribution is -2.27. The molecule has 2 amide bonds. The smallest absolute Gasteiger partial charge is 0.298 e. The molecule has 1 heterocycles. The van der Waals surface area contributed by atoms with Gasteiger partial charge in [0.15, 0.2) is 0 Å². The molecule has 0 unspecified atom stereocenters. The van der Waals surface area contributed by atoms with Gasteiger partial charge in [-0.1, -0.05) is 29.8 Å². The number of thioether (sulfide) groups is 1. The zero-order valence-electron chi connectivity index (χ0n) is 16.2. The summed E-state index contributed by atoms with van der Waals surface area (Å²) in [6.45, 7) is 0.310. The summed E-state index contributed by atoms with van der Waals surface area (Å²) in [7, 11) is 0. The molecule has 1 aliphatic rings. The number of carbonyl (C=O) groups is 2. The van der Waals surface area contributed by atoms with Crippen LogP contribution in [0.15, 0.2) is 65.6 Å². The fourth-order valence-corrected chi connectivity index (χ4v) is 6.15. The van der Waals surface area contributed by atoms with Gasteiger partial charge in [-0.25, -0.2) is 9.29 Å². The van der Waals surface area contributed by atoms with Crippen molar-refractivity contribution < 1.29 is 18.7 Å². The van der Waals surface area contributed by atoms with Crippen molar-refractivity contribution in [1.82, 2.24) is 0 Å². The molecule has 9 heteroatoms. The summed E-state index contributed by atoms with van der Waals surface area (Å²) in [6, 6.07) is 16.6. The monoisotopic (exact) mass is 691 g/mol. The van der Waals surface area contributed by atoms with Crippen LogP contribution >= 0.6 is 68.5 Å². The Morgan fingerprint density at radius 3 is 2.38 bits per heavy atom. The first-order valence-electron chi connectivity index (χ1n) is 9.21. The largest absolute Gasteiger partial charge is 0.487 e. The van der Waals surface area contributed by atoms with Gasteiger partial charge < -0.3 is 4.74 Å². The van der Waals surface area contributed by atoms with Gasteiger partial charge in [-0.05, 0) is 117 Å². The van der Waals surface area contributed by atoms with Gasteiger partial charge in [-0.3, -0.25) is 9.59 Å². The van der Waals surface area contributed by atoms with Crippen LogP contribution in [0.3, 0.4) is 0 Å². The van der Waals surface area contributed by atoms with E-state index >= 15 is 0 Å². The number of halogens is 4. The van der Waals surface area contributed by atoms with Gasteiger partial charge in [0.2, 0.25) is 0 Å². The maximum absolute atomic E-state index is 13.1. The first-order chi connectivity index (χ1) is 15.3. The van der Waals surface area contributed by atoms with Gasteiger partial charge in [-0.15, -0.1) is 0 Å². The fraction of sp³-hybridized carbons (Fsp3) is 0.0435. The summed E-state index contributed by atoms with van der Waals surface area (Å²) in [6.07, 6.45) is 1.70. The number of hydrogen-bond acceptors (Lipinski definition) is 4. The molecule has 0 spiro atoms. The van der Waals surface area contributed by atoms with E-state index in [1.165, 1.54) is 12.1 Å². The third-order valence-electron chi connectivity index (χ3n) is 4.47. The normalized spacial score (nSPS) is 15.0. The van der Waals surface area contributed by atoms with E-state index in [-0.39, 0.29) is 17.0 Å². The molecule has 32 heavy (non-hydrogen) atoms. The zero-order chi connectivity index (χ0) is 22.8. The molecule has 162 valence electrons. The Morgan fingerprint density at radius 1 is 1.03 bits per heavy atom. The molecule has 4 rings (SSSR count). The summed E-state index contributed by atoms with van der Waals surface area (Å²) in [4.78, 5) is 26.8. The lowest BCUT2D eigenvalue weighted by molar-refractivity contribution is -0.113. The van der Waals surface area contributed by atoms with E-state index in [2.05, 4.69) is 45.2 Å². The van der Waals surface area contributed by atoms with Crippen molar-refractivity contribution in [3.05, 3.63) is 94.7 Å². The van der Waals surface area contributed by atoms with Crippen molar-refractivity contribution in [3.8, 4) is 5.75 Å². The molecule has 0 aromatic heterocycles. The molecule has 0 radical (unpaired) electrons. The van der Waals surface area contributed by atoms with Crippen molar-refractivity contribution in [2.24, 2.45) is 0 Å². The lowest BCUT2D eigenvalue weighted by Gasteiger charge is -2.13. The van der Waals surface area contributed by atoms with Crippen LogP contribution in [-0.4, -0.2) is 11.1 Å². The third kappa shape index (κ3) is 5.29. The fourth-order valence-electron chi connectivity index (χ4n) is 2.99. The number of benzene rings is 3. The Morgan fingerprint density at radius 2 is 1.72 bits per heavy atom. The Hall–Kier alpha value is -1.63. The molecule has 0 aliphatic carbocycles. The van der Waals surface area contributed by atoms with Gasteiger partial charge in [0.1, 0.15) is 18.2 Å². The number of imide groups is 1. The highest BCUT2D eigenvalue weighted by molar-refractivity contribution is 14.1. The average Bonchev–Trinajstić information content (AvgIpc) is 3.01. The Labute approximate surface area is 220 Å². The molecule has 0 saturated carbocycles. The maximum Gasteiger partial charge on any atom is 0.298 e. The van der Waals surface area contributed by atoms with E-state index in [4.69, 9.17) is 16.3 Å². The van der Waals surface area contributed by atoms with E-state index < -0.39 is 0 Å². The minimum absolute atomic E-state index is 0.290. The van der Waals surface area contributed by atoms with Gasteiger partial charge in [0.05, 0.1) is 17.7 Å². The van der Waals surface area contributed by atoms with Crippen LogP contribution in [0.5, 0.6) is 5.75 Å². The van der Waals surface area contributed by atoms with Crippen molar-refractivity contribution in [3.63, 3.8) is 0 Å². The number of rotatable bonds is 5. The molecule has 1 aliphatic heterocycles. The van der Waals surface area contributed by atoms with E-state index in [0.29, 0.717) is 28.0 Å². The second-order valence-electron chi connectivity index (χ2n) is 6.73. The van der Waals surface area contributed by atoms with Gasteiger partial charge >= 0.3 is 0 Å². The number of ether oxygens (including phenoxy) is 1. The molecule has 4 nitrogen and oxygen atoms in total. The summed E-state index contributed by atoms with van der Waals surface area (Å²) >= 11 is 11.2. The Bertz CT molecular complexity index is 1230. The Balaban J connectivity index is 1.54. The number of hydrogen-bond donors (Lipinski definition) is 0. The van der Waals surface area contributed by atoms with Gasteiger partial charge in [0.25, 0.3) is 11.1 Å². The van der Waals surface area contributed by atoms with Crippen LogP contribution in [0.4, 0.5) is 14.9 Å². The van der Waals surface area contributed by atoms with Crippen molar-refractivity contribution in [2.75, 3.05) is 4.90 Å². The number of nitrogens with zero attached hydrogens (tertiary/aromatic N) is 1. The topological polar surface area (TPSA) is 46.6 Å². The number of amides is 2. The molecule has 1 fully saturated rings.